The van der Waals surface area contributed by atoms with Gasteiger partial charge in [0.2, 0.25) is 0 Å². The maximum absolute atomic E-state index is 13.5. The van der Waals surface area contributed by atoms with Crippen molar-refractivity contribution < 1.29 is 18.9 Å². The van der Waals surface area contributed by atoms with Crippen LogP contribution in [0, 0.1) is 15.9 Å². The molecular formula is C17H15FN4O4. The summed E-state index contributed by atoms with van der Waals surface area (Å²) < 4.78 is 13.5. The average Bonchev–Trinajstić information content (AvgIpc) is 3.44. The lowest BCUT2D eigenvalue weighted by atomic mass is 10.1. The highest BCUT2D eigenvalue weighted by atomic mass is 19.1. The van der Waals surface area contributed by atoms with E-state index in [2.05, 4.69) is 16.2 Å². The normalized spacial score (nSPS) is 13.0. The van der Waals surface area contributed by atoms with Gasteiger partial charge >= 0.3 is 0 Å². The van der Waals surface area contributed by atoms with Crippen molar-refractivity contribution >= 4 is 23.2 Å². The summed E-state index contributed by atoms with van der Waals surface area (Å²) in [6.45, 7) is 0. The molecule has 0 unspecified atom stereocenters. The fourth-order valence-electron chi connectivity index (χ4n) is 2.29. The summed E-state index contributed by atoms with van der Waals surface area (Å²) in [5.74, 6) is -2.32. The van der Waals surface area contributed by atoms with Gasteiger partial charge in [-0.15, -0.1) is 0 Å². The van der Waals surface area contributed by atoms with Crippen molar-refractivity contribution in [2.24, 2.45) is 0 Å². The summed E-state index contributed by atoms with van der Waals surface area (Å²) in [7, 11) is 0. The van der Waals surface area contributed by atoms with Gasteiger partial charge in [0.1, 0.15) is 11.5 Å². The van der Waals surface area contributed by atoms with Gasteiger partial charge < -0.3 is 5.32 Å². The van der Waals surface area contributed by atoms with E-state index in [1.165, 1.54) is 30.3 Å². The molecule has 1 aliphatic carbocycles. The van der Waals surface area contributed by atoms with Crippen LogP contribution in [0.4, 0.5) is 15.8 Å². The van der Waals surface area contributed by atoms with Crippen LogP contribution in [0.1, 0.15) is 33.6 Å². The minimum Gasteiger partial charge on any atom is -0.377 e. The lowest BCUT2D eigenvalue weighted by Crippen LogP contribution is -2.41. The zero-order chi connectivity index (χ0) is 18.7. The number of hydrogen-bond acceptors (Lipinski definition) is 5. The van der Waals surface area contributed by atoms with Crippen LogP contribution in [0.5, 0.6) is 0 Å². The molecule has 2 amide bonds. The summed E-state index contributed by atoms with van der Waals surface area (Å²) in [6, 6.07) is 9.48. The summed E-state index contributed by atoms with van der Waals surface area (Å²) in [4.78, 5) is 34.6. The molecule has 26 heavy (non-hydrogen) atoms. The van der Waals surface area contributed by atoms with Gasteiger partial charge in [-0.25, -0.2) is 4.39 Å². The number of nitrogens with zero attached hydrogens (tertiary/aromatic N) is 1. The fourth-order valence-corrected chi connectivity index (χ4v) is 2.29. The number of nitro benzene ring substituents is 1. The third-order valence-electron chi connectivity index (χ3n) is 3.80. The molecule has 134 valence electrons. The Balaban J connectivity index is 1.69. The lowest BCUT2D eigenvalue weighted by molar-refractivity contribution is -0.384. The van der Waals surface area contributed by atoms with Crippen molar-refractivity contribution in [3.8, 4) is 0 Å². The maximum Gasteiger partial charge on any atom is 0.293 e. The molecule has 1 fully saturated rings. The molecule has 0 saturated heterocycles. The van der Waals surface area contributed by atoms with Crippen molar-refractivity contribution in [3.63, 3.8) is 0 Å². The molecule has 0 spiro atoms. The molecule has 2 aromatic carbocycles. The first-order valence-electron chi connectivity index (χ1n) is 7.86. The lowest BCUT2D eigenvalue weighted by Gasteiger charge is -2.10. The summed E-state index contributed by atoms with van der Waals surface area (Å²) in [5, 5.41) is 14.2. The van der Waals surface area contributed by atoms with Gasteiger partial charge in [0, 0.05) is 17.7 Å². The number of rotatable bonds is 5. The predicted octanol–water partition coefficient (Wildman–Crippen LogP) is 2.38. The number of amides is 2. The molecule has 1 aliphatic rings. The van der Waals surface area contributed by atoms with Crippen LogP contribution in [0.25, 0.3) is 0 Å². The molecule has 3 N–H and O–H groups in total. The molecule has 2 aromatic rings. The predicted molar refractivity (Wildman–Crippen MR) is 91.1 cm³/mol. The molecule has 1 saturated carbocycles. The Morgan fingerprint density at radius 1 is 1.08 bits per heavy atom. The third kappa shape index (κ3) is 3.94. The number of nitro groups is 1. The van der Waals surface area contributed by atoms with E-state index >= 15 is 0 Å². The minimum absolute atomic E-state index is 0.00752. The second-order valence-electron chi connectivity index (χ2n) is 5.80. The number of carbonyl (C=O) groups is 2. The summed E-state index contributed by atoms with van der Waals surface area (Å²) in [6.07, 6.45) is 1.89. The first kappa shape index (κ1) is 17.3. The van der Waals surface area contributed by atoms with E-state index in [4.69, 9.17) is 0 Å². The third-order valence-corrected chi connectivity index (χ3v) is 3.80. The van der Waals surface area contributed by atoms with Gasteiger partial charge in [0.05, 0.1) is 10.5 Å². The molecule has 0 bridgehead atoms. The van der Waals surface area contributed by atoms with Crippen LogP contribution in [-0.2, 0) is 0 Å². The van der Waals surface area contributed by atoms with Gasteiger partial charge in [-0.2, -0.15) is 0 Å². The number of halogens is 1. The Morgan fingerprint density at radius 2 is 1.77 bits per heavy atom. The van der Waals surface area contributed by atoms with Crippen LogP contribution in [0.2, 0.25) is 0 Å². The van der Waals surface area contributed by atoms with Gasteiger partial charge in [-0.05, 0) is 37.1 Å². The molecule has 8 nitrogen and oxygen atoms in total. The number of benzene rings is 2. The highest BCUT2D eigenvalue weighted by Crippen LogP contribution is 2.31. The second kappa shape index (κ2) is 7.18. The molecule has 0 heterocycles. The standard InChI is InChI=1S/C17H15FN4O4/c18-13-4-2-1-3-12(13)17(24)21-20-16(23)10-5-8-14(19-11-6-7-11)15(9-10)22(25)26/h1-5,8-9,11,19H,6-7H2,(H,20,23)(H,21,24). The van der Waals surface area contributed by atoms with E-state index < -0.39 is 22.6 Å². The van der Waals surface area contributed by atoms with Crippen molar-refractivity contribution in [1.82, 2.24) is 10.9 Å². The van der Waals surface area contributed by atoms with Crippen LogP contribution in [-0.4, -0.2) is 22.8 Å². The zero-order valence-electron chi connectivity index (χ0n) is 13.5. The molecular weight excluding hydrogens is 343 g/mol. The number of carbonyl (C=O) groups excluding carboxylic acids is 2. The summed E-state index contributed by atoms with van der Waals surface area (Å²) in [5.41, 5.74) is 4.06. The molecule has 0 radical (unpaired) electrons. The number of anilines is 1. The Morgan fingerprint density at radius 3 is 2.42 bits per heavy atom. The van der Waals surface area contributed by atoms with E-state index in [9.17, 15) is 24.1 Å². The van der Waals surface area contributed by atoms with Crippen LogP contribution >= 0.6 is 0 Å². The van der Waals surface area contributed by atoms with Gasteiger partial charge in [0.25, 0.3) is 17.5 Å². The van der Waals surface area contributed by atoms with Crippen LogP contribution in [0.3, 0.4) is 0 Å². The quantitative estimate of drug-likeness (QED) is 0.561. The van der Waals surface area contributed by atoms with E-state index in [1.54, 1.807) is 0 Å². The largest absolute Gasteiger partial charge is 0.377 e. The Kier molecular flexibility index (Phi) is 4.78. The Bertz CT molecular complexity index is 883. The van der Waals surface area contributed by atoms with Gasteiger partial charge in [-0.1, -0.05) is 12.1 Å². The topological polar surface area (TPSA) is 113 Å². The highest BCUT2D eigenvalue weighted by Gasteiger charge is 2.25. The zero-order valence-corrected chi connectivity index (χ0v) is 13.5. The van der Waals surface area contributed by atoms with E-state index in [1.807, 2.05) is 0 Å². The van der Waals surface area contributed by atoms with E-state index in [0.29, 0.717) is 5.69 Å². The van der Waals surface area contributed by atoms with Crippen molar-refractivity contribution in [2.75, 3.05) is 5.32 Å². The molecule has 0 atom stereocenters. The highest BCUT2D eigenvalue weighted by molar-refractivity contribution is 5.99. The molecule has 0 aromatic heterocycles. The van der Waals surface area contributed by atoms with Crippen LogP contribution in [0.15, 0.2) is 42.5 Å². The van der Waals surface area contributed by atoms with E-state index in [-0.39, 0.29) is 22.9 Å². The smallest absolute Gasteiger partial charge is 0.293 e. The maximum atomic E-state index is 13.5. The number of hydrazine groups is 1. The second-order valence-corrected chi connectivity index (χ2v) is 5.80. The fraction of sp³-hybridized carbons (Fsp3) is 0.176. The molecule has 3 rings (SSSR count). The number of nitrogens with one attached hydrogen (secondary N) is 3. The minimum atomic E-state index is -0.835. The van der Waals surface area contributed by atoms with Gasteiger partial charge in [0.15, 0.2) is 0 Å². The Labute approximate surface area is 147 Å². The molecule has 9 heteroatoms. The number of hydrogen-bond donors (Lipinski definition) is 3. The SMILES string of the molecule is O=C(NNC(=O)c1ccccc1F)c1ccc(NC2CC2)c([N+](=O)[O-])c1. The van der Waals surface area contributed by atoms with Crippen molar-refractivity contribution in [1.29, 1.82) is 0 Å². The van der Waals surface area contributed by atoms with Crippen molar-refractivity contribution in [3.05, 3.63) is 69.5 Å². The van der Waals surface area contributed by atoms with Crippen molar-refractivity contribution in [2.45, 2.75) is 18.9 Å². The van der Waals surface area contributed by atoms with Crippen LogP contribution < -0.4 is 16.2 Å². The average molecular weight is 358 g/mol. The first-order valence-corrected chi connectivity index (χ1v) is 7.86. The first-order chi connectivity index (χ1) is 12.5. The van der Waals surface area contributed by atoms with E-state index in [0.717, 1.165) is 25.0 Å². The monoisotopic (exact) mass is 358 g/mol. The summed E-state index contributed by atoms with van der Waals surface area (Å²) >= 11 is 0. The van der Waals surface area contributed by atoms with Gasteiger partial charge in [-0.3, -0.25) is 30.6 Å². The molecule has 0 aliphatic heterocycles. The Hall–Kier alpha value is -3.49.